The quantitative estimate of drug-likeness (QED) is 0.182. The van der Waals surface area contributed by atoms with Crippen molar-refractivity contribution in [1.82, 2.24) is 0 Å². The third kappa shape index (κ3) is 6.10. The SMILES string of the molecule is Cc1ccc(S(=O)(=O)Nc2ccccc2-c2c(C(=O)c3ccc(Cl)cc3)cccc2C(=O)c2ccc(Cl)cc2)cc1. The summed E-state index contributed by atoms with van der Waals surface area (Å²) in [5.41, 5.74) is 3.00. The number of rotatable bonds is 8. The predicted octanol–water partition coefficient (Wildman–Crippen LogP) is 8.23. The van der Waals surface area contributed by atoms with Crippen molar-refractivity contribution in [2.45, 2.75) is 11.8 Å². The summed E-state index contributed by atoms with van der Waals surface area (Å²) in [6.07, 6.45) is 0. The second-order valence-corrected chi connectivity index (χ2v) is 11.9. The van der Waals surface area contributed by atoms with Crippen LogP contribution in [-0.4, -0.2) is 20.0 Å². The van der Waals surface area contributed by atoms with Gasteiger partial charge in [0.25, 0.3) is 10.0 Å². The minimum atomic E-state index is -3.99. The molecule has 0 unspecified atom stereocenters. The molecule has 0 aliphatic rings. The second kappa shape index (κ2) is 11.7. The van der Waals surface area contributed by atoms with E-state index in [4.69, 9.17) is 23.2 Å². The first kappa shape index (κ1) is 28.3. The summed E-state index contributed by atoms with van der Waals surface area (Å²) in [4.78, 5) is 27.8. The molecule has 5 aromatic carbocycles. The van der Waals surface area contributed by atoms with E-state index >= 15 is 0 Å². The van der Waals surface area contributed by atoms with Crippen molar-refractivity contribution >= 4 is 50.5 Å². The van der Waals surface area contributed by atoms with Crippen LogP contribution in [0.2, 0.25) is 10.0 Å². The van der Waals surface area contributed by atoms with Crippen molar-refractivity contribution in [3.05, 3.63) is 153 Å². The summed E-state index contributed by atoms with van der Waals surface area (Å²) in [5.74, 6) is -0.697. The number of carbonyl (C=O) groups excluding carboxylic acids is 2. The van der Waals surface area contributed by atoms with Crippen LogP contribution in [0.4, 0.5) is 5.69 Å². The van der Waals surface area contributed by atoms with E-state index in [1.54, 1.807) is 103 Å². The molecule has 5 rings (SSSR count). The molecule has 0 aromatic heterocycles. The summed E-state index contributed by atoms with van der Waals surface area (Å²) in [6.45, 7) is 1.87. The fraction of sp³-hybridized carbons (Fsp3) is 0.0303. The van der Waals surface area contributed by atoms with E-state index in [0.29, 0.717) is 32.3 Å². The van der Waals surface area contributed by atoms with Gasteiger partial charge in [-0.05, 0) is 73.7 Å². The van der Waals surface area contributed by atoms with E-state index in [-0.39, 0.29) is 33.3 Å². The minimum Gasteiger partial charge on any atom is -0.289 e. The van der Waals surface area contributed by atoms with Gasteiger partial charge in [-0.15, -0.1) is 0 Å². The van der Waals surface area contributed by atoms with Crippen LogP contribution < -0.4 is 4.72 Å². The number of hydrogen-bond acceptors (Lipinski definition) is 4. The molecule has 0 radical (unpaired) electrons. The Morgan fingerprint density at radius 2 is 1.10 bits per heavy atom. The van der Waals surface area contributed by atoms with Crippen LogP contribution in [0.25, 0.3) is 11.1 Å². The van der Waals surface area contributed by atoms with Gasteiger partial charge >= 0.3 is 0 Å². The molecule has 204 valence electrons. The molecule has 0 saturated heterocycles. The van der Waals surface area contributed by atoms with Crippen LogP contribution in [0, 0.1) is 6.92 Å². The maximum Gasteiger partial charge on any atom is 0.261 e. The Bertz CT molecular complexity index is 1790. The number of halogens is 2. The Morgan fingerprint density at radius 3 is 1.61 bits per heavy atom. The summed E-state index contributed by atoms with van der Waals surface area (Å²) in [5, 5.41) is 0.952. The van der Waals surface area contributed by atoms with Gasteiger partial charge in [0.15, 0.2) is 11.6 Å². The number of ketones is 2. The van der Waals surface area contributed by atoms with Crippen molar-refractivity contribution < 1.29 is 18.0 Å². The number of anilines is 1. The van der Waals surface area contributed by atoms with E-state index in [1.165, 1.54) is 12.1 Å². The average Bonchev–Trinajstić information content (AvgIpc) is 2.97. The lowest BCUT2D eigenvalue weighted by Crippen LogP contribution is -2.15. The van der Waals surface area contributed by atoms with Gasteiger partial charge in [0.05, 0.1) is 10.6 Å². The molecule has 0 amide bonds. The van der Waals surface area contributed by atoms with Gasteiger partial charge in [0.1, 0.15) is 0 Å². The Kier molecular flexibility index (Phi) is 8.08. The highest BCUT2D eigenvalue weighted by Crippen LogP contribution is 2.37. The van der Waals surface area contributed by atoms with Gasteiger partial charge in [-0.1, -0.05) is 77.3 Å². The fourth-order valence-electron chi connectivity index (χ4n) is 4.45. The molecular weight excluding hydrogens is 577 g/mol. The van der Waals surface area contributed by atoms with Crippen LogP contribution in [-0.2, 0) is 10.0 Å². The summed E-state index contributed by atoms with van der Waals surface area (Å²) in [6, 6.07) is 30.9. The van der Waals surface area contributed by atoms with Gasteiger partial charge in [-0.25, -0.2) is 8.42 Å². The number of carbonyl (C=O) groups is 2. The number of sulfonamides is 1. The van der Waals surface area contributed by atoms with Crippen molar-refractivity contribution in [1.29, 1.82) is 0 Å². The largest absolute Gasteiger partial charge is 0.289 e. The monoisotopic (exact) mass is 599 g/mol. The summed E-state index contributed by atoms with van der Waals surface area (Å²) >= 11 is 12.1. The van der Waals surface area contributed by atoms with E-state index in [0.717, 1.165) is 5.56 Å². The van der Waals surface area contributed by atoms with Gasteiger partial charge in [0, 0.05) is 43.4 Å². The molecule has 5 nitrogen and oxygen atoms in total. The predicted molar refractivity (Wildman–Crippen MR) is 164 cm³/mol. The number of para-hydroxylation sites is 1. The number of nitrogens with one attached hydrogen (secondary N) is 1. The molecule has 8 heteroatoms. The highest BCUT2D eigenvalue weighted by atomic mass is 35.5. The molecule has 0 atom stereocenters. The zero-order valence-electron chi connectivity index (χ0n) is 21.8. The molecule has 0 saturated carbocycles. The van der Waals surface area contributed by atoms with Crippen LogP contribution in [0.3, 0.4) is 0 Å². The van der Waals surface area contributed by atoms with Crippen LogP contribution in [0.15, 0.2) is 120 Å². The highest BCUT2D eigenvalue weighted by Gasteiger charge is 2.25. The molecule has 0 spiro atoms. The molecular formula is C33H23Cl2NO4S. The van der Waals surface area contributed by atoms with E-state index in [1.807, 2.05) is 6.92 Å². The topological polar surface area (TPSA) is 80.3 Å². The van der Waals surface area contributed by atoms with Crippen LogP contribution in [0.1, 0.15) is 37.4 Å². The zero-order chi connectivity index (χ0) is 29.1. The van der Waals surface area contributed by atoms with Crippen LogP contribution in [0.5, 0.6) is 0 Å². The Morgan fingerprint density at radius 1 is 0.610 bits per heavy atom. The lowest BCUT2D eigenvalue weighted by Gasteiger charge is -2.18. The first-order valence-electron chi connectivity index (χ1n) is 12.6. The second-order valence-electron chi connectivity index (χ2n) is 9.36. The van der Waals surface area contributed by atoms with Crippen molar-refractivity contribution in [2.75, 3.05) is 4.72 Å². The minimum absolute atomic E-state index is 0.0842. The molecule has 0 heterocycles. The normalized spacial score (nSPS) is 11.2. The van der Waals surface area contributed by atoms with E-state index < -0.39 is 10.0 Å². The third-order valence-electron chi connectivity index (χ3n) is 6.54. The Hall–Kier alpha value is -4.23. The molecule has 0 aliphatic carbocycles. The molecule has 1 N–H and O–H groups in total. The third-order valence-corrected chi connectivity index (χ3v) is 8.42. The molecule has 41 heavy (non-hydrogen) atoms. The summed E-state index contributed by atoms with van der Waals surface area (Å²) in [7, 11) is -3.99. The molecule has 5 aromatic rings. The number of hydrogen-bond donors (Lipinski definition) is 1. The first-order valence-corrected chi connectivity index (χ1v) is 14.8. The zero-order valence-corrected chi connectivity index (χ0v) is 24.1. The maximum absolute atomic E-state index is 13.8. The number of aryl methyl sites for hydroxylation is 1. The first-order chi connectivity index (χ1) is 19.6. The van der Waals surface area contributed by atoms with Crippen molar-refractivity contribution in [2.24, 2.45) is 0 Å². The average molecular weight is 601 g/mol. The van der Waals surface area contributed by atoms with Gasteiger partial charge in [-0.3, -0.25) is 14.3 Å². The van der Waals surface area contributed by atoms with Crippen molar-refractivity contribution in [3.8, 4) is 11.1 Å². The highest BCUT2D eigenvalue weighted by molar-refractivity contribution is 7.92. The lowest BCUT2D eigenvalue weighted by atomic mass is 9.86. The Labute approximate surface area is 248 Å². The van der Waals surface area contributed by atoms with Gasteiger partial charge < -0.3 is 0 Å². The standard InChI is InChI=1S/C33H23Cl2NO4S/c1-21-9-19-26(20-10-21)41(39,40)36-30-8-3-2-5-27(30)31-28(32(37)22-11-15-24(34)16-12-22)6-4-7-29(31)33(38)23-13-17-25(35)18-14-23/h2-20,36H,1H3. The Balaban J connectivity index is 1.70. The smallest absolute Gasteiger partial charge is 0.261 e. The maximum atomic E-state index is 13.8. The lowest BCUT2D eigenvalue weighted by molar-refractivity contribution is 0.103. The molecule has 0 bridgehead atoms. The van der Waals surface area contributed by atoms with E-state index in [9.17, 15) is 18.0 Å². The van der Waals surface area contributed by atoms with Gasteiger partial charge in [0.2, 0.25) is 0 Å². The molecule has 0 aliphatic heterocycles. The van der Waals surface area contributed by atoms with Gasteiger partial charge in [-0.2, -0.15) is 0 Å². The summed E-state index contributed by atoms with van der Waals surface area (Å²) < 4.78 is 29.4. The van der Waals surface area contributed by atoms with Crippen LogP contribution >= 0.6 is 23.2 Å². The van der Waals surface area contributed by atoms with Crippen molar-refractivity contribution in [3.63, 3.8) is 0 Å². The molecule has 0 fully saturated rings. The number of benzene rings is 5. The fourth-order valence-corrected chi connectivity index (χ4v) is 5.78. The van der Waals surface area contributed by atoms with E-state index in [2.05, 4.69) is 4.72 Å².